The van der Waals surface area contributed by atoms with Gasteiger partial charge < -0.3 is 5.11 Å². The van der Waals surface area contributed by atoms with E-state index in [4.69, 9.17) is 5.11 Å². The molecule has 0 amide bonds. The topological polar surface area (TPSA) is 50.2 Å². The number of nitrogens with zero attached hydrogens (tertiary/aromatic N) is 1. The maximum absolute atomic E-state index is 10.5. The van der Waals surface area contributed by atoms with Crippen LogP contribution in [0.15, 0.2) is 24.3 Å². The van der Waals surface area contributed by atoms with Gasteiger partial charge in [0.1, 0.15) is 5.01 Å². The third-order valence-electron chi connectivity index (χ3n) is 2.86. The first-order valence-electron chi connectivity index (χ1n) is 5.81. The SMILES string of the molecule is Cc1nc(-c2ccc(CCC(=O)O)cc2)sc1C. The lowest BCUT2D eigenvalue weighted by atomic mass is 10.1. The summed E-state index contributed by atoms with van der Waals surface area (Å²) < 4.78 is 0. The highest BCUT2D eigenvalue weighted by atomic mass is 32.1. The Labute approximate surface area is 110 Å². The van der Waals surface area contributed by atoms with Gasteiger partial charge in [-0.25, -0.2) is 4.98 Å². The number of carboxylic acid groups (broad SMARTS) is 1. The van der Waals surface area contributed by atoms with E-state index in [9.17, 15) is 4.79 Å². The number of aliphatic carboxylic acids is 1. The Balaban J connectivity index is 2.14. The molecule has 4 heteroatoms. The van der Waals surface area contributed by atoms with E-state index < -0.39 is 5.97 Å². The zero-order chi connectivity index (χ0) is 13.1. The highest BCUT2D eigenvalue weighted by molar-refractivity contribution is 7.15. The van der Waals surface area contributed by atoms with Crippen LogP contribution in [0.1, 0.15) is 22.6 Å². The summed E-state index contributed by atoms with van der Waals surface area (Å²) >= 11 is 1.69. The maximum atomic E-state index is 10.5. The lowest BCUT2D eigenvalue weighted by Gasteiger charge is -2.00. The number of hydrogen-bond donors (Lipinski definition) is 1. The van der Waals surface area contributed by atoms with E-state index in [1.165, 1.54) is 4.88 Å². The van der Waals surface area contributed by atoms with Crippen molar-refractivity contribution in [2.45, 2.75) is 26.7 Å². The van der Waals surface area contributed by atoms with Crippen LogP contribution in [-0.4, -0.2) is 16.1 Å². The molecule has 0 fully saturated rings. The van der Waals surface area contributed by atoms with Gasteiger partial charge in [0.05, 0.1) is 5.69 Å². The summed E-state index contributed by atoms with van der Waals surface area (Å²) in [7, 11) is 0. The first-order valence-corrected chi connectivity index (χ1v) is 6.63. The number of benzene rings is 1. The molecule has 0 saturated carbocycles. The fourth-order valence-corrected chi connectivity index (χ4v) is 2.58. The summed E-state index contributed by atoms with van der Waals surface area (Å²) in [4.78, 5) is 16.2. The Morgan fingerprint density at radius 3 is 2.44 bits per heavy atom. The number of hydrogen-bond acceptors (Lipinski definition) is 3. The van der Waals surface area contributed by atoms with Crippen LogP contribution in [0.4, 0.5) is 0 Å². The molecule has 2 rings (SSSR count). The number of carboxylic acids is 1. The standard InChI is InChI=1S/C14H15NO2S/c1-9-10(2)18-14(15-9)12-6-3-11(4-7-12)5-8-13(16)17/h3-4,6-7H,5,8H2,1-2H3,(H,16,17). The number of rotatable bonds is 4. The zero-order valence-corrected chi connectivity index (χ0v) is 11.3. The highest BCUT2D eigenvalue weighted by Crippen LogP contribution is 2.27. The molecule has 0 saturated heterocycles. The lowest BCUT2D eigenvalue weighted by molar-refractivity contribution is -0.136. The molecule has 1 N–H and O–H groups in total. The molecule has 1 aromatic heterocycles. The number of aromatic nitrogens is 1. The second-order valence-corrected chi connectivity index (χ2v) is 5.45. The molecular weight excluding hydrogens is 246 g/mol. The number of aryl methyl sites for hydroxylation is 3. The summed E-state index contributed by atoms with van der Waals surface area (Å²) in [6, 6.07) is 7.97. The molecule has 0 aliphatic carbocycles. The molecule has 0 aliphatic rings. The van der Waals surface area contributed by atoms with E-state index in [0.29, 0.717) is 6.42 Å². The van der Waals surface area contributed by atoms with Crippen molar-refractivity contribution in [3.05, 3.63) is 40.4 Å². The van der Waals surface area contributed by atoms with Crippen LogP contribution in [0.25, 0.3) is 10.6 Å². The van der Waals surface area contributed by atoms with Crippen molar-refractivity contribution in [3.63, 3.8) is 0 Å². The summed E-state index contributed by atoms with van der Waals surface area (Å²) in [5.74, 6) is -0.759. The van der Waals surface area contributed by atoms with Crippen molar-refractivity contribution < 1.29 is 9.90 Å². The molecule has 0 bridgehead atoms. The Kier molecular flexibility index (Phi) is 3.77. The summed E-state index contributed by atoms with van der Waals surface area (Å²) in [6.45, 7) is 4.08. The van der Waals surface area contributed by atoms with Crippen LogP contribution in [0.2, 0.25) is 0 Å². The lowest BCUT2D eigenvalue weighted by Crippen LogP contribution is -1.97. The first kappa shape index (κ1) is 12.8. The fraction of sp³-hybridized carbons (Fsp3) is 0.286. The van der Waals surface area contributed by atoms with Crippen LogP contribution >= 0.6 is 11.3 Å². The van der Waals surface area contributed by atoms with E-state index in [1.807, 2.05) is 31.2 Å². The molecule has 2 aromatic rings. The van der Waals surface area contributed by atoms with Gasteiger partial charge in [-0.05, 0) is 25.8 Å². The van der Waals surface area contributed by atoms with Gasteiger partial charge in [0.15, 0.2) is 0 Å². The van der Waals surface area contributed by atoms with E-state index >= 15 is 0 Å². The molecule has 0 aliphatic heterocycles. The van der Waals surface area contributed by atoms with Gasteiger partial charge in [0.25, 0.3) is 0 Å². The van der Waals surface area contributed by atoms with E-state index in [-0.39, 0.29) is 6.42 Å². The van der Waals surface area contributed by atoms with Gasteiger partial charge >= 0.3 is 5.97 Å². The highest BCUT2D eigenvalue weighted by Gasteiger charge is 2.06. The Morgan fingerprint density at radius 2 is 1.94 bits per heavy atom. The van der Waals surface area contributed by atoms with Gasteiger partial charge in [-0.15, -0.1) is 11.3 Å². The molecule has 1 heterocycles. The summed E-state index contributed by atoms with van der Waals surface area (Å²) in [5, 5.41) is 9.66. The smallest absolute Gasteiger partial charge is 0.303 e. The van der Waals surface area contributed by atoms with Crippen LogP contribution in [0.5, 0.6) is 0 Å². The predicted octanol–water partition coefficient (Wildman–Crippen LogP) is 3.44. The number of carbonyl (C=O) groups is 1. The zero-order valence-electron chi connectivity index (χ0n) is 10.4. The molecule has 94 valence electrons. The monoisotopic (exact) mass is 261 g/mol. The van der Waals surface area contributed by atoms with Gasteiger partial charge in [0, 0.05) is 16.9 Å². The van der Waals surface area contributed by atoms with Crippen molar-refractivity contribution >= 4 is 17.3 Å². The largest absolute Gasteiger partial charge is 0.481 e. The first-order chi connectivity index (χ1) is 8.56. The minimum Gasteiger partial charge on any atom is -0.481 e. The normalized spacial score (nSPS) is 10.6. The van der Waals surface area contributed by atoms with Crippen LogP contribution in [0, 0.1) is 13.8 Å². The number of thiazole rings is 1. The average molecular weight is 261 g/mol. The predicted molar refractivity (Wildman–Crippen MR) is 73.0 cm³/mol. The van der Waals surface area contributed by atoms with Crippen molar-refractivity contribution in [2.75, 3.05) is 0 Å². The average Bonchev–Trinajstić information content (AvgIpc) is 2.68. The van der Waals surface area contributed by atoms with Gasteiger partial charge in [-0.3, -0.25) is 4.79 Å². The molecule has 18 heavy (non-hydrogen) atoms. The molecule has 0 atom stereocenters. The molecule has 0 spiro atoms. The molecular formula is C14H15NO2S. The minimum atomic E-state index is -0.759. The Hall–Kier alpha value is -1.68. The van der Waals surface area contributed by atoms with Crippen LogP contribution < -0.4 is 0 Å². The third kappa shape index (κ3) is 2.96. The Morgan fingerprint density at radius 1 is 1.28 bits per heavy atom. The van der Waals surface area contributed by atoms with Crippen molar-refractivity contribution in [1.29, 1.82) is 0 Å². The fourth-order valence-electron chi connectivity index (χ4n) is 1.66. The van der Waals surface area contributed by atoms with Gasteiger partial charge in [-0.1, -0.05) is 24.3 Å². The summed E-state index contributed by atoms with van der Waals surface area (Å²) in [6.07, 6.45) is 0.750. The minimum absolute atomic E-state index is 0.175. The Bertz CT molecular complexity index is 538. The quantitative estimate of drug-likeness (QED) is 0.917. The van der Waals surface area contributed by atoms with E-state index in [2.05, 4.69) is 11.9 Å². The molecule has 1 aromatic carbocycles. The van der Waals surface area contributed by atoms with E-state index in [1.54, 1.807) is 11.3 Å². The molecule has 3 nitrogen and oxygen atoms in total. The second kappa shape index (κ2) is 5.31. The maximum Gasteiger partial charge on any atom is 0.303 e. The second-order valence-electron chi connectivity index (χ2n) is 4.25. The van der Waals surface area contributed by atoms with Gasteiger partial charge in [-0.2, -0.15) is 0 Å². The van der Waals surface area contributed by atoms with Gasteiger partial charge in [0.2, 0.25) is 0 Å². The molecule has 0 radical (unpaired) electrons. The van der Waals surface area contributed by atoms with Crippen LogP contribution in [-0.2, 0) is 11.2 Å². The summed E-state index contributed by atoms with van der Waals surface area (Å²) in [5.41, 5.74) is 3.21. The molecule has 0 unspecified atom stereocenters. The van der Waals surface area contributed by atoms with Crippen molar-refractivity contribution in [3.8, 4) is 10.6 Å². The van der Waals surface area contributed by atoms with Crippen molar-refractivity contribution in [1.82, 2.24) is 4.98 Å². The van der Waals surface area contributed by atoms with E-state index in [0.717, 1.165) is 21.8 Å². The third-order valence-corrected chi connectivity index (χ3v) is 3.98. The van der Waals surface area contributed by atoms with Crippen LogP contribution in [0.3, 0.4) is 0 Å². The van der Waals surface area contributed by atoms with Crippen molar-refractivity contribution in [2.24, 2.45) is 0 Å².